The van der Waals surface area contributed by atoms with Crippen LogP contribution in [-0.2, 0) is 13.1 Å². The summed E-state index contributed by atoms with van der Waals surface area (Å²) < 4.78 is 0. The average Bonchev–Trinajstić information content (AvgIpc) is 2.35. The van der Waals surface area contributed by atoms with Crippen LogP contribution in [0.25, 0.3) is 0 Å². The molecule has 3 nitrogen and oxygen atoms in total. The third-order valence-electron chi connectivity index (χ3n) is 2.50. The number of hydrogen-bond acceptors (Lipinski definition) is 3. The molecule has 0 spiro atoms. The van der Waals surface area contributed by atoms with Gasteiger partial charge in [-0.15, -0.1) is 0 Å². The maximum absolute atomic E-state index is 6.06. The van der Waals surface area contributed by atoms with Crippen LogP contribution in [-0.4, -0.2) is 10.2 Å². The van der Waals surface area contributed by atoms with Crippen molar-refractivity contribution in [1.29, 1.82) is 0 Å². The van der Waals surface area contributed by atoms with Gasteiger partial charge in [-0.1, -0.05) is 23.7 Å². The fourth-order valence-corrected chi connectivity index (χ4v) is 1.71. The van der Waals surface area contributed by atoms with E-state index in [0.717, 1.165) is 22.8 Å². The van der Waals surface area contributed by atoms with Gasteiger partial charge in [0.1, 0.15) is 0 Å². The van der Waals surface area contributed by atoms with Gasteiger partial charge in [-0.2, -0.15) is 10.2 Å². The number of rotatable bonds is 4. The zero-order chi connectivity index (χ0) is 12.1. The van der Waals surface area contributed by atoms with Crippen molar-refractivity contribution in [3.05, 3.63) is 58.4 Å². The smallest absolute Gasteiger partial charge is 0.0769 e. The summed E-state index contributed by atoms with van der Waals surface area (Å²) in [6.45, 7) is 3.48. The van der Waals surface area contributed by atoms with Crippen molar-refractivity contribution in [2.45, 2.75) is 20.0 Å². The lowest BCUT2D eigenvalue weighted by molar-refractivity contribution is 0.670. The molecule has 88 valence electrons. The van der Waals surface area contributed by atoms with Crippen molar-refractivity contribution in [2.75, 3.05) is 0 Å². The highest BCUT2D eigenvalue weighted by Crippen LogP contribution is 2.16. The van der Waals surface area contributed by atoms with E-state index < -0.39 is 0 Å². The summed E-state index contributed by atoms with van der Waals surface area (Å²) in [6, 6.07) is 9.92. The topological polar surface area (TPSA) is 37.8 Å². The molecule has 0 aliphatic carbocycles. The van der Waals surface area contributed by atoms with Gasteiger partial charge >= 0.3 is 0 Å². The second-order valence-corrected chi connectivity index (χ2v) is 4.31. The van der Waals surface area contributed by atoms with Gasteiger partial charge in [0.05, 0.1) is 5.69 Å². The first-order valence-electron chi connectivity index (χ1n) is 5.48. The molecule has 0 aliphatic heterocycles. The number of hydrogen-bond donors (Lipinski definition) is 1. The minimum atomic E-state index is 0.708. The van der Waals surface area contributed by atoms with Crippen LogP contribution in [0.3, 0.4) is 0 Å². The molecule has 2 aromatic rings. The Kier molecular flexibility index (Phi) is 4.07. The van der Waals surface area contributed by atoms with Crippen LogP contribution >= 0.6 is 11.6 Å². The van der Waals surface area contributed by atoms with Crippen molar-refractivity contribution in [3.8, 4) is 0 Å². The molecule has 0 amide bonds. The Morgan fingerprint density at radius 1 is 1.24 bits per heavy atom. The predicted molar refractivity (Wildman–Crippen MR) is 68.8 cm³/mol. The molecule has 1 N–H and O–H groups in total. The minimum absolute atomic E-state index is 0.708. The summed E-state index contributed by atoms with van der Waals surface area (Å²) in [6.07, 6.45) is 1.67. The van der Waals surface area contributed by atoms with Gasteiger partial charge in [-0.05, 0) is 36.2 Å². The molecule has 0 fully saturated rings. The quantitative estimate of drug-likeness (QED) is 0.903. The van der Waals surface area contributed by atoms with Crippen LogP contribution in [0.15, 0.2) is 36.5 Å². The number of nitrogens with zero attached hydrogens (tertiary/aromatic N) is 2. The Labute approximate surface area is 106 Å². The molecule has 1 aromatic heterocycles. The summed E-state index contributed by atoms with van der Waals surface area (Å²) in [7, 11) is 0. The van der Waals surface area contributed by atoms with Gasteiger partial charge in [0.25, 0.3) is 0 Å². The lowest BCUT2D eigenvalue weighted by atomic mass is 10.1. The van der Waals surface area contributed by atoms with Gasteiger partial charge < -0.3 is 5.32 Å². The highest BCUT2D eigenvalue weighted by atomic mass is 35.5. The average molecular weight is 248 g/mol. The standard InChI is InChI=1S/C13H14ClN3/c1-10-4-5-11(7-13(10)14)8-15-9-12-3-2-6-16-17-12/h2-7,15H,8-9H2,1H3. The molecule has 17 heavy (non-hydrogen) atoms. The molecule has 0 atom stereocenters. The highest BCUT2D eigenvalue weighted by Gasteiger charge is 1.98. The summed E-state index contributed by atoms with van der Waals surface area (Å²) >= 11 is 6.06. The Balaban J connectivity index is 1.88. The zero-order valence-corrected chi connectivity index (χ0v) is 10.4. The maximum Gasteiger partial charge on any atom is 0.0769 e. The van der Waals surface area contributed by atoms with Gasteiger partial charge in [0.15, 0.2) is 0 Å². The summed E-state index contributed by atoms with van der Waals surface area (Å²) in [5, 5.41) is 11.9. The molecule has 0 aliphatic rings. The van der Waals surface area contributed by atoms with Crippen molar-refractivity contribution in [3.63, 3.8) is 0 Å². The normalized spacial score (nSPS) is 10.5. The molecular weight excluding hydrogens is 234 g/mol. The molecule has 4 heteroatoms. The molecule has 0 bridgehead atoms. The Morgan fingerprint density at radius 2 is 2.12 bits per heavy atom. The van der Waals surface area contributed by atoms with E-state index in [4.69, 9.17) is 11.6 Å². The van der Waals surface area contributed by atoms with E-state index in [1.54, 1.807) is 6.20 Å². The highest BCUT2D eigenvalue weighted by molar-refractivity contribution is 6.31. The molecular formula is C13H14ClN3. The number of aryl methyl sites for hydroxylation is 1. The van der Waals surface area contributed by atoms with Gasteiger partial charge in [-0.3, -0.25) is 0 Å². The van der Waals surface area contributed by atoms with E-state index in [1.165, 1.54) is 5.56 Å². The largest absolute Gasteiger partial charge is 0.307 e. The lowest BCUT2D eigenvalue weighted by Gasteiger charge is -2.05. The first-order chi connectivity index (χ1) is 8.25. The zero-order valence-electron chi connectivity index (χ0n) is 9.65. The summed E-state index contributed by atoms with van der Waals surface area (Å²) in [4.78, 5) is 0. The Morgan fingerprint density at radius 3 is 2.82 bits per heavy atom. The molecule has 1 aromatic carbocycles. The van der Waals surface area contributed by atoms with Crippen molar-refractivity contribution in [1.82, 2.24) is 15.5 Å². The van der Waals surface area contributed by atoms with Crippen LogP contribution in [0, 0.1) is 6.92 Å². The van der Waals surface area contributed by atoms with E-state index >= 15 is 0 Å². The van der Waals surface area contributed by atoms with Gasteiger partial charge in [0.2, 0.25) is 0 Å². The van der Waals surface area contributed by atoms with Gasteiger partial charge in [0, 0.05) is 24.3 Å². The van der Waals surface area contributed by atoms with Crippen LogP contribution < -0.4 is 5.32 Å². The molecule has 0 saturated heterocycles. The van der Waals surface area contributed by atoms with Crippen LogP contribution in [0.1, 0.15) is 16.8 Å². The third kappa shape index (κ3) is 3.51. The summed E-state index contributed by atoms with van der Waals surface area (Å²) in [5.41, 5.74) is 3.21. The third-order valence-corrected chi connectivity index (χ3v) is 2.91. The van der Waals surface area contributed by atoms with E-state index in [-0.39, 0.29) is 0 Å². The Bertz CT molecular complexity index is 485. The molecule has 0 radical (unpaired) electrons. The second-order valence-electron chi connectivity index (χ2n) is 3.90. The first-order valence-corrected chi connectivity index (χ1v) is 5.86. The summed E-state index contributed by atoms with van der Waals surface area (Å²) in [5.74, 6) is 0. The SMILES string of the molecule is Cc1ccc(CNCc2cccnn2)cc1Cl. The van der Waals surface area contributed by atoms with Crippen molar-refractivity contribution < 1.29 is 0 Å². The monoisotopic (exact) mass is 247 g/mol. The lowest BCUT2D eigenvalue weighted by Crippen LogP contribution is -2.13. The number of aromatic nitrogens is 2. The minimum Gasteiger partial charge on any atom is -0.307 e. The van der Waals surface area contributed by atoms with Crippen LogP contribution in [0.4, 0.5) is 0 Å². The fraction of sp³-hybridized carbons (Fsp3) is 0.231. The fourth-order valence-electron chi connectivity index (χ4n) is 1.51. The van der Waals surface area contributed by atoms with Gasteiger partial charge in [-0.25, -0.2) is 0 Å². The van der Waals surface area contributed by atoms with E-state index in [9.17, 15) is 0 Å². The van der Waals surface area contributed by atoms with E-state index in [0.29, 0.717) is 6.54 Å². The Hall–Kier alpha value is -1.45. The maximum atomic E-state index is 6.06. The predicted octanol–water partition coefficient (Wildman–Crippen LogP) is 2.73. The first kappa shape index (κ1) is 12.0. The van der Waals surface area contributed by atoms with E-state index in [1.807, 2.05) is 31.2 Å². The number of halogens is 1. The molecule has 0 unspecified atom stereocenters. The van der Waals surface area contributed by atoms with Crippen LogP contribution in [0.2, 0.25) is 5.02 Å². The second kappa shape index (κ2) is 5.75. The number of benzene rings is 1. The number of nitrogens with one attached hydrogen (secondary N) is 1. The molecule has 0 saturated carbocycles. The van der Waals surface area contributed by atoms with E-state index in [2.05, 4.69) is 21.6 Å². The van der Waals surface area contributed by atoms with Crippen molar-refractivity contribution >= 4 is 11.6 Å². The molecule has 2 rings (SSSR count). The molecule has 1 heterocycles. The van der Waals surface area contributed by atoms with Crippen molar-refractivity contribution in [2.24, 2.45) is 0 Å². The van der Waals surface area contributed by atoms with Crippen LogP contribution in [0.5, 0.6) is 0 Å².